The molecule has 2 atom stereocenters. The molecule has 0 radical (unpaired) electrons. The van der Waals surface area contributed by atoms with Crippen LogP contribution in [0.2, 0.25) is 0 Å². The number of rotatable bonds is 12. The van der Waals surface area contributed by atoms with Gasteiger partial charge in [0.2, 0.25) is 0 Å². The summed E-state index contributed by atoms with van der Waals surface area (Å²) in [6, 6.07) is 27.2. The Kier molecular flexibility index (Phi) is 9.67. The van der Waals surface area contributed by atoms with Crippen LogP contribution in [-0.4, -0.2) is 29.9 Å². The van der Waals surface area contributed by atoms with Gasteiger partial charge < -0.3 is 19.9 Å². The van der Waals surface area contributed by atoms with Crippen molar-refractivity contribution >= 4 is 12.1 Å². The van der Waals surface area contributed by atoms with Gasteiger partial charge in [-0.2, -0.15) is 0 Å². The highest BCUT2D eigenvalue weighted by Gasteiger charge is 2.19. The number of carboxylic acids is 1. The molecule has 3 rings (SSSR count). The van der Waals surface area contributed by atoms with Crippen molar-refractivity contribution in [2.45, 2.75) is 44.9 Å². The molecule has 178 valence electrons. The van der Waals surface area contributed by atoms with Crippen LogP contribution in [0.1, 0.15) is 41.7 Å². The third kappa shape index (κ3) is 8.05. The summed E-state index contributed by atoms with van der Waals surface area (Å²) >= 11 is 0. The third-order valence-corrected chi connectivity index (χ3v) is 5.48. The van der Waals surface area contributed by atoms with E-state index in [1.807, 2.05) is 84.9 Å². The average Bonchev–Trinajstić information content (AvgIpc) is 2.87. The predicted octanol–water partition coefficient (Wildman–Crippen LogP) is 5.32. The Morgan fingerprint density at radius 3 is 2.09 bits per heavy atom. The first-order valence-corrected chi connectivity index (χ1v) is 11.5. The summed E-state index contributed by atoms with van der Waals surface area (Å²) in [6.45, 7) is 2.54. The highest BCUT2D eigenvalue weighted by molar-refractivity contribution is 5.72. The van der Waals surface area contributed by atoms with Crippen LogP contribution >= 0.6 is 0 Å². The lowest BCUT2D eigenvalue weighted by Gasteiger charge is -2.19. The zero-order valence-corrected chi connectivity index (χ0v) is 19.4. The van der Waals surface area contributed by atoms with Gasteiger partial charge in [0.15, 0.2) is 6.10 Å². The van der Waals surface area contributed by atoms with Crippen LogP contribution in [0.25, 0.3) is 0 Å². The van der Waals surface area contributed by atoms with Crippen LogP contribution in [0.4, 0.5) is 4.79 Å². The predicted molar refractivity (Wildman–Crippen MR) is 130 cm³/mol. The molecule has 0 aliphatic heterocycles. The number of carbonyl (C=O) groups is 2. The molecule has 0 spiro atoms. The quantitative estimate of drug-likeness (QED) is 0.381. The number of benzene rings is 3. The van der Waals surface area contributed by atoms with Gasteiger partial charge in [0.05, 0.1) is 0 Å². The normalized spacial score (nSPS) is 12.5. The van der Waals surface area contributed by atoms with Gasteiger partial charge in [-0.15, -0.1) is 0 Å². The van der Waals surface area contributed by atoms with Gasteiger partial charge in [-0.3, -0.25) is 0 Å². The second-order valence-electron chi connectivity index (χ2n) is 7.99. The Hall–Kier alpha value is -3.64. The molecule has 34 heavy (non-hydrogen) atoms. The van der Waals surface area contributed by atoms with Crippen LogP contribution in [0.3, 0.4) is 0 Å². The van der Waals surface area contributed by atoms with Crippen LogP contribution < -0.4 is 5.32 Å². The van der Waals surface area contributed by atoms with Gasteiger partial charge in [0.25, 0.3) is 0 Å². The minimum atomic E-state index is -0.959. The number of carbonyl (C=O) groups excluding carboxylic acids is 1. The standard InChI is InChI=1S/C28H31NO5/c1-2-33-26(27(30)31)19-22-15-13-21(14-16-22)17-18-25(24-11-7-4-8-12-24)34-28(32)29-20-23-9-5-3-6-10-23/h3-16,25-26H,2,17-20H2,1H3,(H,29,32)(H,30,31)/t25?,26-/m0/s1. The maximum absolute atomic E-state index is 12.5. The van der Waals surface area contributed by atoms with Crippen molar-refractivity contribution in [1.82, 2.24) is 5.32 Å². The Morgan fingerprint density at radius 2 is 1.47 bits per heavy atom. The van der Waals surface area contributed by atoms with Gasteiger partial charge in [-0.1, -0.05) is 84.9 Å². The van der Waals surface area contributed by atoms with E-state index in [1.165, 1.54) is 0 Å². The SMILES string of the molecule is CCO[C@@H](Cc1ccc(CCC(OC(=O)NCc2ccccc2)c2ccccc2)cc1)C(=O)O. The van der Waals surface area contributed by atoms with E-state index in [0.717, 1.165) is 22.3 Å². The van der Waals surface area contributed by atoms with Crippen molar-refractivity contribution in [1.29, 1.82) is 0 Å². The van der Waals surface area contributed by atoms with Crippen molar-refractivity contribution in [2.24, 2.45) is 0 Å². The molecule has 0 fully saturated rings. The van der Waals surface area contributed by atoms with Crippen LogP contribution in [0, 0.1) is 0 Å². The maximum Gasteiger partial charge on any atom is 0.408 e. The first kappa shape index (κ1) is 25.0. The number of aryl methyl sites for hydroxylation is 1. The first-order valence-electron chi connectivity index (χ1n) is 11.5. The summed E-state index contributed by atoms with van der Waals surface area (Å²) in [5.41, 5.74) is 3.93. The highest BCUT2D eigenvalue weighted by atomic mass is 16.6. The molecule has 1 unspecified atom stereocenters. The second kappa shape index (κ2) is 13.2. The number of hydrogen-bond donors (Lipinski definition) is 2. The molecule has 0 heterocycles. The zero-order valence-electron chi connectivity index (χ0n) is 19.4. The molecule has 1 amide bonds. The van der Waals surface area contributed by atoms with Crippen molar-refractivity contribution in [3.63, 3.8) is 0 Å². The van der Waals surface area contributed by atoms with E-state index in [2.05, 4.69) is 5.32 Å². The number of ether oxygens (including phenoxy) is 2. The number of hydrogen-bond acceptors (Lipinski definition) is 4. The molecule has 0 saturated heterocycles. The smallest absolute Gasteiger partial charge is 0.408 e. The van der Waals surface area contributed by atoms with E-state index < -0.39 is 18.2 Å². The lowest BCUT2D eigenvalue weighted by molar-refractivity contribution is -0.149. The van der Waals surface area contributed by atoms with Gasteiger partial charge in [-0.05, 0) is 42.0 Å². The fourth-order valence-corrected chi connectivity index (χ4v) is 3.67. The van der Waals surface area contributed by atoms with Gasteiger partial charge in [0.1, 0.15) is 6.10 Å². The molecule has 0 bridgehead atoms. The minimum Gasteiger partial charge on any atom is -0.479 e. The molecular formula is C28H31NO5. The van der Waals surface area contributed by atoms with Crippen molar-refractivity contribution in [3.8, 4) is 0 Å². The number of amides is 1. The lowest BCUT2D eigenvalue weighted by atomic mass is 9.99. The monoisotopic (exact) mass is 461 g/mol. The summed E-state index contributed by atoms with van der Waals surface area (Å²) in [4.78, 5) is 23.8. The number of alkyl carbamates (subject to hydrolysis) is 1. The molecule has 0 saturated carbocycles. The molecule has 0 aromatic heterocycles. The fourth-order valence-electron chi connectivity index (χ4n) is 3.67. The van der Waals surface area contributed by atoms with E-state index in [9.17, 15) is 14.7 Å². The van der Waals surface area contributed by atoms with E-state index >= 15 is 0 Å². The molecule has 3 aromatic carbocycles. The van der Waals surface area contributed by atoms with Crippen LogP contribution in [0.15, 0.2) is 84.9 Å². The van der Waals surface area contributed by atoms with Crippen molar-refractivity contribution in [3.05, 3.63) is 107 Å². The molecule has 6 heteroatoms. The molecule has 2 N–H and O–H groups in total. The fraction of sp³-hybridized carbons (Fsp3) is 0.286. The van der Waals surface area contributed by atoms with Crippen molar-refractivity contribution in [2.75, 3.05) is 6.61 Å². The van der Waals surface area contributed by atoms with Crippen LogP contribution in [-0.2, 0) is 33.7 Å². The summed E-state index contributed by atoms with van der Waals surface area (Å²) in [6.07, 6.45) is -0.0324. The number of carboxylic acid groups (broad SMARTS) is 1. The number of nitrogens with one attached hydrogen (secondary N) is 1. The summed E-state index contributed by atoms with van der Waals surface area (Å²) in [5.74, 6) is -0.959. The van der Waals surface area contributed by atoms with E-state index in [-0.39, 0.29) is 6.10 Å². The van der Waals surface area contributed by atoms with E-state index in [0.29, 0.717) is 32.4 Å². The number of aliphatic carboxylic acids is 1. The second-order valence-corrected chi connectivity index (χ2v) is 7.99. The molecule has 6 nitrogen and oxygen atoms in total. The summed E-state index contributed by atoms with van der Waals surface area (Å²) in [7, 11) is 0. The van der Waals surface area contributed by atoms with Gasteiger partial charge in [-0.25, -0.2) is 9.59 Å². The van der Waals surface area contributed by atoms with Crippen molar-refractivity contribution < 1.29 is 24.2 Å². The van der Waals surface area contributed by atoms with Gasteiger partial charge >= 0.3 is 12.1 Å². The Bertz CT molecular complexity index is 1020. The third-order valence-electron chi connectivity index (χ3n) is 5.48. The van der Waals surface area contributed by atoms with Gasteiger partial charge in [0, 0.05) is 19.6 Å². The zero-order chi connectivity index (χ0) is 24.2. The topological polar surface area (TPSA) is 84.9 Å². The van der Waals surface area contributed by atoms with Crippen LogP contribution in [0.5, 0.6) is 0 Å². The molecule has 3 aromatic rings. The summed E-state index contributed by atoms with van der Waals surface area (Å²) < 4.78 is 11.1. The largest absolute Gasteiger partial charge is 0.479 e. The minimum absolute atomic E-state index is 0.320. The highest BCUT2D eigenvalue weighted by Crippen LogP contribution is 2.24. The Morgan fingerprint density at radius 1 is 0.853 bits per heavy atom. The molecule has 0 aliphatic rings. The first-order chi connectivity index (χ1) is 16.5. The lowest BCUT2D eigenvalue weighted by Crippen LogP contribution is -2.26. The summed E-state index contributed by atoms with van der Waals surface area (Å²) in [5, 5.41) is 12.1. The Labute approximate surface area is 200 Å². The van der Waals surface area contributed by atoms with E-state index in [4.69, 9.17) is 9.47 Å². The average molecular weight is 462 g/mol. The maximum atomic E-state index is 12.5. The van der Waals surface area contributed by atoms with E-state index in [1.54, 1.807) is 6.92 Å². The molecular weight excluding hydrogens is 430 g/mol. The molecule has 0 aliphatic carbocycles. The Balaban J connectivity index is 1.58.